The van der Waals surface area contributed by atoms with E-state index in [1.807, 2.05) is 32.9 Å². The fourth-order valence-electron chi connectivity index (χ4n) is 5.86. The second kappa shape index (κ2) is 12.7. The number of amides is 1. The van der Waals surface area contributed by atoms with E-state index in [9.17, 15) is 9.59 Å². The highest BCUT2D eigenvalue weighted by molar-refractivity contribution is 5.99. The molecule has 5 rings (SSSR count). The van der Waals surface area contributed by atoms with Crippen molar-refractivity contribution in [1.82, 2.24) is 29.7 Å². The molecule has 222 valence electrons. The van der Waals surface area contributed by atoms with Gasteiger partial charge in [-0.3, -0.25) is 9.59 Å². The monoisotopic (exact) mass is 571 g/mol. The lowest BCUT2D eigenvalue weighted by Gasteiger charge is -2.45. The Hall–Kier alpha value is -4.25. The SMILES string of the molecule is C=CCn1c(=O)c2cnc(Nc3ccc(N4CCC5(CCNCC5)CC4)cc3)nc2n1C(/C=C\C)=N/N(C=O)C(C)C. The van der Waals surface area contributed by atoms with Crippen LogP contribution in [0.25, 0.3) is 11.0 Å². The molecule has 0 saturated carbocycles. The summed E-state index contributed by atoms with van der Waals surface area (Å²) < 4.78 is 3.10. The molecule has 0 radical (unpaired) electrons. The number of hydrogen-bond acceptors (Lipinski definition) is 8. The first-order chi connectivity index (χ1) is 20.4. The Morgan fingerprint density at radius 2 is 1.90 bits per heavy atom. The number of allylic oxidation sites excluding steroid dienone is 3. The Morgan fingerprint density at radius 1 is 1.19 bits per heavy atom. The van der Waals surface area contributed by atoms with E-state index in [0.717, 1.165) is 31.9 Å². The van der Waals surface area contributed by atoms with Crippen LogP contribution in [0.2, 0.25) is 0 Å². The number of carbonyl (C=O) groups excluding carboxylic acids is 1. The maximum Gasteiger partial charge on any atom is 0.278 e. The van der Waals surface area contributed by atoms with E-state index < -0.39 is 0 Å². The van der Waals surface area contributed by atoms with Crippen LogP contribution < -0.4 is 21.1 Å². The minimum atomic E-state index is -0.270. The molecule has 0 atom stereocenters. The zero-order valence-electron chi connectivity index (χ0n) is 24.8. The molecule has 1 aromatic carbocycles. The second-order valence-corrected chi connectivity index (χ2v) is 11.4. The van der Waals surface area contributed by atoms with Gasteiger partial charge in [0.15, 0.2) is 11.5 Å². The third-order valence-electron chi connectivity index (χ3n) is 8.34. The lowest BCUT2D eigenvalue weighted by Crippen LogP contribution is -2.45. The summed E-state index contributed by atoms with van der Waals surface area (Å²) in [7, 11) is 0. The van der Waals surface area contributed by atoms with Crippen LogP contribution in [0.15, 0.2) is 65.2 Å². The molecule has 2 fully saturated rings. The first-order valence-corrected chi connectivity index (χ1v) is 14.8. The number of hydrogen-bond donors (Lipinski definition) is 2. The molecule has 0 bridgehead atoms. The lowest BCUT2D eigenvalue weighted by atomic mass is 9.71. The molecule has 2 aromatic heterocycles. The maximum absolute atomic E-state index is 13.3. The van der Waals surface area contributed by atoms with Crippen molar-refractivity contribution in [3.63, 3.8) is 0 Å². The highest BCUT2D eigenvalue weighted by Gasteiger charge is 2.35. The molecule has 11 nitrogen and oxygen atoms in total. The van der Waals surface area contributed by atoms with Gasteiger partial charge in [0, 0.05) is 36.7 Å². The second-order valence-electron chi connectivity index (χ2n) is 11.4. The summed E-state index contributed by atoms with van der Waals surface area (Å²) in [5.74, 6) is 0.718. The lowest BCUT2D eigenvalue weighted by molar-refractivity contribution is -0.119. The molecular formula is C31H41N9O2. The number of hydrazone groups is 1. The normalized spacial score (nSPS) is 17.3. The Kier molecular flexibility index (Phi) is 8.86. The van der Waals surface area contributed by atoms with Crippen molar-refractivity contribution in [3.05, 3.63) is 65.6 Å². The number of piperidine rings is 2. The van der Waals surface area contributed by atoms with Gasteiger partial charge in [-0.05, 0) is 95.3 Å². The van der Waals surface area contributed by atoms with E-state index in [2.05, 4.69) is 44.3 Å². The Morgan fingerprint density at radius 3 is 2.52 bits per heavy atom. The Balaban J connectivity index is 1.41. The van der Waals surface area contributed by atoms with E-state index in [0.29, 0.717) is 34.6 Å². The van der Waals surface area contributed by atoms with Crippen LogP contribution in [0.3, 0.4) is 0 Å². The summed E-state index contributed by atoms with van der Waals surface area (Å²) in [5, 5.41) is 13.0. The molecular weight excluding hydrogens is 530 g/mol. The molecule has 11 heteroatoms. The fourth-order valence-corrected chi connectivity index (χ4v) is 5.86. The smallest absolute Gasteiger partial charge is 0.278 e. The number of nitrogens with one attached hydrogen (secondary N) is 2. The van der Waals surface area contributed by atoms with Crippen molar-refractivity contribution in [2.24, 2.45) is 10.5 Å². The summed E-state index contributed by atoms with van der Waals surface area (Å²) in [6, 6.07) is 8.16. The van der Waals surface area contributed by atoms with Gasteiger partial charge in [-0.2, -0.15) is 10.1 Å². The third kappa shape index (κ3) is 6.01. The predicted octanol–water partition coefficient (Wildman–Crippen LogP) is 4.10. The number of nitrogens with zero attached hydrogens (tertiary/aromatic N) is 7. The number of benzene rings is 1. The number of carbonyl (C=O) groups is 1. The van der Waals surface area contributed by atoms with E-state index in [1.54, 1.807) is 22.9 Å². The van der Waals surface area contributed by atoms with Crippen molar-refractivity contribution >= 4 is 40.6 Å². The highest BCUT2D eigenvalue weighted by atomic mass is 16.1. The van der Waals surface area contributed by atoms with Gasteiger partial charge >= 0.3 is 0 Å². The Bertz CT molecular complexity index is 1520. The van der Waals surface area contributed by atoms with Crippen molar-refractivity contribution in [2.75, 3.05) is 36.4 Å². The van der Waals surface area contributed by atoms with Gasteiger partial charge < -0.3 is 15.5 Å². The molecule has 2 N–H and O–H groups in total. The van der Waals surface area contributed by atoms with E-state index in [4.69, 9.17) is 4.98 Å². The van der Waals surface area contributed by atoms with Gasteiger partial charge in [-0.1, -0.05) is 12.2 Å². The third-order valence-corrected chi connectivity index (χ3v) is 8.34. The van der Waals surface area contributed by atoms with Crippen LogP contribution in [-0.4, -0.2) is 68.8 Å². The van der Waals surface area contributed by atoms with Crippen molar-refractivity contribution in [1.29, 1.82) is 0 Å². The average molecular weight is 572 g/mol. The first-order valence-electron chi connectivity index (χ1n) is 14.8. The number of aromatic nitrogens is 4. The molecule has 4 heterocycles. The predicted molar refractivity (Wildman–Crippen MR) is 168 cm³/mol. The number of fused-ring (bicyclic) bond motifs is 1. The van der Waals surface area contributed by atoms with Crippen LogP contribution in [-0.2, 0) is 11.3 Å². The quantitative estimate of drug-likeness (QED) is 0.131. The molecule has 42 heavy (non-hydrogen) atoms. The van der Waals surface area contributed by atoms with Gasteiger partial charge in [-0.25, -0.2) is 19.4 Å². The number of anilines is 3. The van der Waals surface area contributed by atoms with Gasteiger partial charge in [0.25, 0.3) is 5.56 Å². The average Bonchev–Trinajstić information content (AvgIpc) is 3.27. The van der Waals surface area contributed by atoms with Crippen LogP contribution in [0.4, 0.5) is 17.3 Å². The molecule has 1 amide bonds. The van der Waals surface area contributed by atoms with Gasteiger partial charge in [0.1, 0.15) is 5.39 Å². The molecule has 2 aliphatic heterocycles. The summed E-state index contributed by atoms with van der Waals surface area (Å²) in [6.45, 7) is 14.1. The van der Waals surface area contributed by atoms with Crippen molar-refractivity contribution < 1.29 is 4.79 Å². The zero-order chi connectivity index (χ0) is 29.7. The van der Waals surface area contributed by atoms with Crippen LogP contribution in [0.5, 0.6) is 0 Å². The van der Waals surface area contributed by atoms with Gasteiger partial charge in [0.2, 0.25) is 12.4 Å². The summed E-state index contributed by atoms with van der Waals surface area (Å²) in [6.07, 6.45) is 12.4. The summed E-state index contributed by atoms with van der Waals surface area (Å²) in [4.78, 5) is 36.7. The van der Waals surface area contributed by atoms with Crippen LogP contribution in [0, 0.1) is 5.41 Å². The fraction of sp³-hybridized carbons (Fsp3) is 0.452. The molecule has 0 aliphatic carbocycles. The summed E-state index contributed by atoms with van der Waals surface area (Å²) >= 11 is 0. The minimum Gasteiger partial charge on any atom is -0.371 e. The van der Waals surface area contributed by atoms with Gasteiger partial charge in [0.05, 0.1) is 6.54 Å². The van der Waals surface area contributed by atoms with Crippen molar-refractivity contribution in [3.8, 4) is 0 Å². The number of rotatable bonds is 9. The molecule has 2 aliphatic rings. The van der Waals surface area contributed by atoms with Crippen LogP contribution >= 0.6 is 0 Å². The Labute approximate surface area is 246 Å². The maximum atomic E-state index is 13.3. The van der Waals surface area contributed by atoms with E-state index in [1.165, 1.54) is 47.3 Å². The minimum absolute atomic E-state index is 0.172. The van der Waals surface area contributed by atoms with Crippen molar-refractivity contribution in [2.45, 2.75) is 59.0 Å². The largest absolute Gasteiger partial charge is 0.371 e. The highest BCUT2D eigenvalue weighted by Crippen LogP contribution is 2.40. The topological polar surface area (TPSA) is 113 Å². The molecule has 0 unspecified atom stereocenters. The van der Waals surface area contributed by atoms with Gasteiger partial charge in [-0.15, -0.1) is 6.58 Å². The zero-order valence-corrected chi connectivity index (χ0v) is 24.8. The first kappa shape index (κ1) is 29.2. The molecule has 2 saturated heterocycles. The summed E-state index contributed by atoms with van der Waals surface area (Å²) in [5.41, 5.74) is 2.69. The van der Waals surface area contributed by atoms with E-state index in [-0.39, 0.29) is 18.1 Å². The van der Waals surface area contributed by atoms with Crippen LogP contribution in [0.1, 0.15) is 46.5 Å². The molecule has 1 spiro atoms. The molecule has 3 aromatic rings. The standard InChI is InChI=1S/C31H41N9O2/c1-5-7-27(36-38(22-41)23(3)4)40-28-26(29(42)39(40)18-6-2)21-33-30(35-28)34-24-8-10-25(11-9-24)37-19-14-31(15-20-37)12-16-32-17-13-31/h5-11,21-23,32H,2,12-20H2,1,3-4H3,(H,33,34,35)/b7-5-,36-27+. The van der Waals surface area contributed by atoms with E-state index >= 15 is 0 Å².